The highest BCUT2D eigenvalue weighted by Gasteiger charge is 2.09. The summed E-state index contributed by atoms with van der Waals surface area (Å²) in [6, 6.07) is 11.8. The molecule has 0 aliphatic carbocycles. The molecule has 0 bridgehead atoms. The van der Waals surface area contributed by atoms with Gasteiger partial charge in [0.2, 0.25) is 0 Å². The fraction of sp³-hybridized carbons (Fsp3) is 0.263. The molecule has 2 aromatic carbocycles. The lowest BCUT2D eigenvalue weighted by atomic mass is 10.1. The average Bonchev–Trinajstić information content (AvgIpc) is 2.93. The number of thiazole rings is 1. The molecule has 1 aromatic heterocycles. The molecule has 0 saturated carbocycles. The second-order valence-electron chi connectivity index (χ2n) is 5.50. The maximum Gasteiger partial charge on any atom is 0.252 e. The highest BCUT2D eigenvalue weighted by atomic mass is 32.1. The van der Waals surface area contributed by atoms with Gasteiger partial charge in [0.15, 0.2) is 4.80 Å². The van der Waals surface area contributed by atoms with Crippen LogP contribution < -0.4 is 9.54 Å². The summed E-state index contributed by atoms with van der Waals surface area (Å²) in [5.74, 6) is 0.251. The Morgan fingerprint density at radius 2 is 1.96 bits per heavy atom. The van der Waals surface area contributed by atoms with E-state index in [-0.39, 0.29) is 18.1 Å². The Morgan fingerprint density at radius 1 is 1.20 bits per heavy atom. The van der Waals surface area contributed by atoms with E-state index >= 15 is 0 Å². The van der Waals surface area contributed by atoms with Gasteiger partial charge in [-0.3, -0.25) is 4.79 Å². The molecule has 0 saturated heterocycles. The molecule has 0 aliphatic rings. The van der Waals surface area contributed by atoms with Crippen LogP contribution in [0, 0.1) is 5.82 Å². The van der Waals surface area contributed by atoms with Crippen LogP contribution >= 0.6 is 11.3 Å². The van der Waals surface area contributed by atoms with E-state index in [2.05, 4.69) is 4.99 Å². The Balaban J connectivity index is 1.94. The Hall–Kier alpha value is -2.47. The maximum absolute atomic E-state index is 13.0. The van der Waals surface area contributed by atoms with Crippen molar-refractivity contribution in [1.82, 2.24) is 4.57 Å². The number of amides is 1. The van der Waals surface area contributed by atoms with Gasteiger partial charge in [-0.2, -0.15) is 4.99 Å². The van der Waals surface area contributed by atoms with Gasteiger partial charge >= 0.3 is 0 Å². The van der Waals surface area contributed by atoms with Crippen LogP contribution in [0.15, 0.2) is 47.5 Å². The van der Waals surface area contributed by atoms with Crippen LogP contribution in [-0.4, -0.2) is 17.1 Å². The number of aryl methyl sites for hydroxylation is 1. The summed E-state index contributed by atoms with van der Waals surface area (Å²) in [5, 5.41) is 0. The number of halogens is 1. The van der Waals surface area contributed by atoms with E-state index in [1.165, 1.54) is 23.5 Å². The van der Waals surface area contributed by atoms with Crippen molar-refractivity contribution in [3.63, 3.8) is 0 Å². The quantitative estimate of drug-likeness (QED) is 0.694. The molecule has 1 amide bonds. The molecule has 25 heavy (non-hydrogen) atoms. The number of aromatic nitrogens is 1. The lowest BCUT2D eigenvalue weighted by molar-refractivity contribution is -0.117. The number of ether oxygens (including phenoxy) is 1. The van der Waals surface area contributed by atoms with Crippen molar-refractivity contribution >= 4 is 27.5 Å². The number of hydrogen-bond donors (Lipinski definition) is 0. The predicted octanol–water partition coefficient (Wildman–Crippen LogP) is 3.93. The standard InChI is InChI=1S/C19H19FN2O2S/c1-3-22-16-10-9-15(24-4-2)12-17(16)25-19(22)21-18(23)11-13-5-7-14(20)8-6-13/h5-10,12H,3-4,11H2,1-2H3. The summed E-state index contributed by atoms with van der Waals surface area (Å²) >= 11 is 1.47. The molecular weight excluding hydrogens is 339 g/mol. The number of hydrogen-bond acceptors (Lipinski definition) is 3. The van der Waals surface area contributed by atoms with E-state index in [4.69, 9.17) is 4.74 Å². The van der Waals surface area contributed by atoms with E-state index in [0.29, 0.717) is 11.4 Å². The van der Waals surface area contributed by atoms with Crippen molar-refractivity contribution in [2.75, 3.05) is 6.61 Å². The number of carbonyl (C=O) groups excluding carboxylic acids is 1. The molecule has 3 aromatic rings. The zero-order chi connectivity index (χ0) is 17.8. The van der Waals surface area contributed by atoms with Crippen molar-refractivity contribution in [2.45, 2.75) is 26.8 Å². The first kappa shape index (κ1) is 17.4. The normalized spacial score (nSPS) is 11.9. The SMILES string of the molecule is CCOc1ccc2c(c1)sc(=NC(=O)Cc1ccc(F)cc1)n2CC. The van der Waals surface area contributed by atoms with Crippen molar-refractivity contribution in [2.24, 2.45) is 4.99 Å². The van der Waals surface area contributed by atoms with Crippen LogP contribution in [-0.2, 0) is 17.8 Å². The molecule has 0 fully saturated rings. The minimum absolute atomic E-state index is 0.155. The van der Waals surface area contributed by atoms with Gasteiger partial charge in [0, 0.05) is 6.54 Å². The zero-order valence-electron chi connectivity index (χ0n) is 14.2. The fourth-order valence-corrected chi connectivity index (χ4v) is 3.76. The Labute approximate surface area is 149 Å². The Kier molecular flexibility index (Phi) is 5.28. The van der Waals surface area contributed by atoms with Crippen molar-refractivity contribution in [1.29, 1.82) is 0 Å². The van der Waals surface area contributed by atoms with Gasteiger partial charge in [-0.1, -0.05) is 23.5 Å². The number of fused-ring (bicyclic) bond motifs is 1. The van der Waals surface area contributed by atoms with Crippen molar-refractivity contribution in [3.8, 4) is 5.75 Å². The van der Waals surface area contributed by atoms with Crippen LogP contribution in [0.25, 0.3) is 10.2 Å². The summed E-state index contributed by atoms with van der Waals surface area (Å²) in [6.45, 7) is 5.29. The molecule has 1 heterocycles. The number of rotatable bonds is 5. The minimum Gasteiger partial charge on any atom is -0.494 e. The Bertz CT molecular complexity index is 958. The Morgan fingerprint density at radius 3 is 2.64 bits per heavy atom. The van der Waals surface area contributed by atoms with Crippen LogP contribution in [0.4, 0.5) is 4.39 Å². The molecule has 0 unspecified atom stereocenters. The van der Waals surface area contributed by atoms with E-state index in [1.54, 1.807) is 12.1 Å². The summed E-state index contributed by atoms with van der Waals surface area (Å²) in [6.07, 6.45) is 0.155. The number of nitrogens with zero attached hydrogens (tertiary/aromatic N) is 2. The van der Waals surface area contributed by atoms with Crippen molar-refractivity contribution in [3.05, 3.63) is 58.6 Å². The third-order valence-corrected chi connectivity index (χ3v) is 4.81. The van der Waals surface area contributed by atoms with Gasteiger partial charge in [0.1, 0.15) is 11.6 Å². The van der Waals surface area contributed by atoms with Crippen LogP contribution in [0.2, 0.25) is 0 Å². The number of carbonyl (C=O) groups is 1. The monoisotopic (exact) mass is 358 g/mol. The molecular formula is C19H19FN2O2S. The van der Waals surface area contributed by atoms with Gasteiger partial charge < -0.3 is 9.30 Å². The molecule has 3 rings (SSSR count). The van der Waals surface area contributed by atoms with Gasteiger partial charge in [-0.25, -0.2) is 4.39 Å². The summed E-state index contributed by atoms with van der Waals surface area (Å²) in [5.41, 5.74) is 1.78. The second-order valence-corrected chi connectivity index (χ2v) is 6.51. The summed E-state index contributed by atoms with van der Waals surface area (Å²) in [4.78, 5) is 17.2. The van der Waals surface area contributed by atoms with E-state index < -0.39 is 0 Å². The molecule has 6 heteroatoms. The van der Waals surface area contributed by atoms with E-state index in [9.17, 15) is 9.18 Å². The van der Waals surface area contributed by atoms with Crippen LogP contribution in [0.5, 0.6) is 5.75 Å². The van der Waals surface area contributed by atoms with Gasteiger partial charge in [-0.05, 0) is 49.7 Å². The third-order valence-electron chi connectivity index (χ3n) is 3.77. The first-order valence-electron chi connectivity index (χ1n) is 8.19. The molecule has 0 N–H and O–H groups in total. The smallest absolute Gasteiger partial charge is 0.252 e. The summed E-state index contributed by atoms with van der Waals surface area (Å²) < 4.78 is 21.5. The molecule has 4 nitrogen and oxygen atoms in total. The third kappa shape index (κ3) is 3.96. The topological polar surface area (TPSA) is 43.6 Å². The fourth-order valence-electron chi connectivity index (χ4n) is 2.62. The predicted molar refractivity (Wildman–Crippen MR) is 97.3 cm³/mol. The first-order chi connectivity index (χ1) is 12.1. The average molecular weight is 358 g/mol. The van der Waals surface area contributed by atoms with Crippen LogP contribution in [0.3, 0.4) is 0 Å². The van der Waals surface area contributed by atoms with Crippen molar-refractivity contribution < 1.29 is 13.9 Å². The minimum atomic E-state index is -0.313. The van der Waals surface area contributed by atoms with E-state index in [0.717, 1.165) is 28.1 Å². The van der Waals surface area contributed by atoms with Gasteiger partial charge in [0.25, 0.3) is 5.91 Å². The molecule has 0 atom stereocenters. The molecule has 0 radical (unpaired) electrons. The lowest BCUT2D eigenvalue weighted by Crippen LogP contribution is -2.16. The largest absolute Gasteiger partial charge is 0.494 e. The summed E-state index contributed by atoms with van der Waals surface area (Å²) in [7, 11) is 0. The molecule has 0 aliphatic heterocycles. The molecule has 0 spiro atoms. The van der Waals surface area contributed by atoms with Crippen LogP contribution in [0.1, 0.15) is 19.4 Å². The van der Waals surface area contributed by atoms with E-state index in [1.807, 2.05) is 36.6 Å². The van der Waals surface area contributed by atoms with Gasteiger partial charge in [0.05, 0.1) is 23.2 Å². The zero-order valence-corrected chi connectivity index (χ0v) is 15.0. The highest BCUT2D eigenvalue weighted by Crippen LogP contribution is 2.23. The molecule has 130 valence electrons. The van der Waals surface area contributed by atoms with Gasteiger partial charge in [-0.15, -0.1) is 0 Å². The second kappa shape index (κ2) is 7.61. The highest BCUT2D eigenvalue weighted by molar-refractivity contribution is 7.16. The lowest BCUT2D eigenvalue weighted by Gasteiger charge is -2.03. The first-order valence-corrected chi connectivity index (χ1v) is 9.00. The maximum atomic E-state index is 13.0. The number of benzene rings is 2.